The van der Waals surface area contributed by atoms with Crippen molar-refractivity contribution in [2.75, 3.05) is 6.61 Å². The van der Waals surface area contributed by atoms with Crippen LogP contribution < -0.4 is 10.1 Å². The van der Waals surface area contributed by atoms with Crippen molar-refractivity contribution in [2.24, 2.45) is 0 Å². The summed E-state index contributed by atoms with van der Waals surface area (Å²) in [4.78, 5) is 24.7. The van der Waals surface area contributed by atoms with Gasteiger partial charge in [0.15, 0.2) is 12.7 Å². The minimum Gasteiger partial charge on any atom is -0.479 e. The Labute approximate surface area is 176 Å². The van der Waals surface area contributed by atoms with Crippen LogP contribution in [0.2, 0.25) is 0 Å². The van der Waals surface area contributed by atoms with Crippen LogP contribution in [0, 0.1) is 6.92 Å². The van der Waals surface area contributed by atoms with E-state index in [9.17, 15) is 9.59 Å². The Kier molecular flexibility index (Phi) is 7.22. The molecule has 0 saturated heterocycles. The summed E-state index contributed by atoms with van der Waals surface area (Å²) in [7, 11) is 0. The van der Waals surface area contributed by atoms with Gasteiger partial charge in [-0.2, -0.15) is 0 Å². The fraction of sp³-hybridized carbons (Fsp3) is 0.200. The summed E-state index contributed by atoms with van der Waals surface area (Å²) >= 11 is 0. The lowest BCUT2D eigenvalue weighted by Crippen LogP contribution is -2.35. The van der Waals surface area contributed by atoms with Crippen molar-refractivity contribution >= 4 is 11.9 Å². The topological polar surface area (TPSA) is 64.6 Å². The zero-order chi connectivity index (χ0) is 21.3. The third-order valence-corrected chi connectivity index (χ3v) is 4.55. The van der Waals surface area contributed by atoms with Crippen molar-refractivity contribution in [3.8, 4) is 5.75 Å². The Balaban J connectivity index is 1.58. The van der Waals surface area contributed by atoms with Crippen molar-refractivity contribution in [2.45, 2.75) is 26.0 Å². The van der Waals surface area contributed by atoms with Crippen LogP contribution in [0.25, 0.3) is 0 Å². The normalized spacial score (nSPS) is 11.6. The number of rotatable bonds is 8. The van der Waals surface area contributed by atoms with E-state index in [-0.39, 0.29) is 18.6 Å². The Morgan fingerprint density at radius 1 is 0.867 bits per heavy atom. The fourth-order valence-corrected chi connectivity index (χ4v) is 3.05. The van der Waals surface area contributed by atoms with E-state index >= 15 is 0 Å². The molecule has 0 heterocycles. The molecule has 0 spiro atoms. The molecule has 30 heavy (non-hydrogen) atoms. The van der Waals surface area contributed by atoms with Crippen LogP contribution in [0.4, 0.5) is 0 Å². The van der Waals surface area contributed by atoms with Crippen LogP contribution in [0.5, 0.6) is 5.75 Å². The molecule has 1 atom stereocenters. The number of esters is 1. The molecule has 3 rings (SSSR count). The lowest BCUT2D eigenvalue weighted by atomic mass is 9.99. The molecular formula is C25H25NO4. The highest BCUT2D eigenvalue weighted by Crippen LogP contribution is 2.21. The van der Waals surface area contributed by atoms with Crippen LogP contribution >= 0.6 is 0 Å². The molecule has 3 aromatic rings. The SMILES string of the molecule is Cc1cccc(O[C@@H](C)C(=O)OCC(=O)NC(c2ccccc2)c2ccccc2)c1. The van der Waals surface area contributed by atoms with Gasteiger partial charge in [-0.25, -0.2) is 4.79 Å². The number of carbonyl (C=O) groups is 2. The lowest BCUT2D eigenvalue weighted by Gasteiger charge is -2.20. The van der Waals surface area contributed by atoms with Gasteiger partial charge in [0.05, 0.1) is 6.04 Å². The van der Waals surface area contributed by atoms with E-state index in [1.807, 2.05) is 85.8 Å². The minimum atomic E-state index is -0.821. The first-order valence-electron chi connectivity index (χ1n) is 9.82. The highest BCUT2D eigenvalue weighted by Gasteiger charge is 2.20. The number of ether oxygens (including phenoxy) is 2. The first-order chi connectivity index (χ1) is 14.5. The molecule has 5 nitrogen and oxygen atoms in total. The van der Waals surface area contributed by atoms with Gasteiger partial charge in [0, 0.05) is 0 Å². The maximum atomic E-state index is 12.5. The second-order valence-electron chi connectivity index (χ2n) is 7.01. The molecule has 0 saturated carbocycles. The number of hydrogen-bond acceptors (Lipinski definition) is 4. The largest absolute Gasteiger partial charge is 0.479 e. The van der Waals surface area contributed by atoms with E-state index in [2.05, 4.69) is 5.32 Å². The van der Waals surface area contributed by atoms with Crippen molar-refractivity contribution in [1.29, 1.82) is 0 Å². The Bertz CT molecular complexity index is 933. The number of nitrogens with one attached hydrogen (secondary N) is 1. The van der Waals surface area contributed by atoms with Gasteiger partial charge in [-0.3, -0.25) is 4.79 Å². The van der Waals surface area contributed by atoms with Gasteiger partial charge in [-0.05, 0) is 42.7 Å². The molecule has 0 aromatic heterocycles. The fourth-order valence-electron chi connectivity index (χ4n) is 3.05. The Morgan fingerprint density at radius 3 is 2.03 bits per heavy atom. The monoisotopic (exact) mass is 403 g/mol. The molecule has 3 aromatic carbocycles. The molecule has 0 unspecified atom stereocenters. The first kappa shape index (κ1) is 21.1. The van der Waals surface area contributed by atoms with Gasteiger partial charge < -0.3 is 14.8 Å². The summed E-state index contributed by atoms with van der Waals surface area (Å²) < 4.78 is 10.8. The smallest absolute Gasteiger partial charge is 0.347 e. The molecule has 0 aliphatic rings. The van der Waals surface area contributed by atoms with Crippen molar-refractivity contribution < 1.29 is 19.1 Å². The Hall–Kier alpha value is -3.60. The Morgan fingerprint density at radius 2 is 1.47 bits per heavy atom. The van der Waals surface area contributed by atoms with E-state index in [4.69, 9.17) is 9.47 Å². The van der Waals surface area contributed by atoms with Gasteiger partial charge >= 0.3 is 5.97 Å². The number of benzene rings is 3. The average Bonchev–Trinajstić information content (AvgIpc) is 2.77. The van der Waals surface area contributed by atoms with Gasteiger partial charge in [0.2, 0.25) is 0 Å². The first-order valence-corrected chi connectivity index (χ1v) is 9.82. The molecule has 1 amide bonds. The summed E-state index contributed by atoms with van der Waals surface area (Å²) in [5.74, 6) is -0.399. The second kappa shape index (κ2) is 10.3. The summed E-state index contributed by atoms with van der Waals surface area (Å²) in [5, 5.41) is 2.94. The number of carbonyl (C=O) groups excluding carboxylic acids is 2. The van der Waals surface area contributed by atoms with Crippen molar-refractivity contribution in [1.82, 2.24) is 5.32 Å². The van der Waals surface area contributed by atoms with E-state index in [0.717, 1.165) is 16.7 Å². The van der Waals surface area contributed by atoms with Gasteiger partial charge in [-0.1, -0.05) is 72.8 Å². The molecule has 1 N–H and O–H groups in total. The lowest BCUT2D eigenvalue weighted by molar-refractivity contribution is -0.154. The minimum absolute atomic E-state index is 0.334. The maximum Gasteiger partial charge on any atom is 0.347 e. The second-order valence-corrected chi connectivity index (χ2v) is 7.01. The summed E-state index contributed by atoms with van der Waals surface area (Å²) in [6.07, 6.45) is -0.821. The van der Waals surface area contributed by atoms with Gasteiger partial charge in [0.1, 0.15) is 5.75 Å². The average molecular weight is 403 g/mol. The maximum absolute atomic E-state index is 12.5. The molecule has 5 heteroatoms. The summed E-state index contributed by atoms with van der Waals surface area (Å²) in [6.45, 7) is 3.16. The molecule has 0 fully saturated rings. The van der Waals surface area contributed by atoms with Crippen LogP contribution in [-0.2, 0) is 14.3 Å². The zero-order valence-electron chi connectivity index (χ0n) is 17.1. The van der Waals surface area contributed by atoms with Gasteiger partial charge in [-0.15, -0.1) is 0 Å². The zero-order valence-corrected chi connectivity index (χ0v) is 17.1. The van der Waals surface area contributed by atoms with E-state index in [1.165, 1.54) is 0 Å². The van der Waals surface area contributed by atoms with E-state index < -0.39 is 12.1 Å². The summed E-state index contributed by atoms with van der Waals surface area (Å²) in [5.41, 5.74) is 2.92. The van der Waals surface area contributed by atoms with E-state index in [0.29, 0.717) is 5.75 Å². The van der Waals surface area contributed by atoms with Crippen LogP contribution in [0.15, 0.2) is 84.9 Å². The van der Waals surface area contributed by atoms with Crippen LogP contribution in [0.3, 0.4) is 0 Å². The quantitative estimate of drug-likeness (QED) is 0.572. The molecule has 0 radical (unpaired) electrons. The van der Waals surface area contributed by atoms with Gasteiger partial charge in [0.25, 0.3) is 5.91 Å². The van der Waals surface area contributed by atoms with E-state index in [1.54, 1.807) is 13.0 Å². The van der Waals surface area contributed by atoms with Crippen molar-refractivity contribution in [3.63, 3.8) is 0 Å². The predicted octanol–water partition coefficient (Wildman–Crippen LogP) is 4.21. The molecule has 0 aliphatic heterocycles. The molecule has 154 valence electrons. The summed E-state index contributed by atoms with van der Waals surface area (Å²) in [6, 6.07) is 26.4. The highest BCUT2D eigenvalue weighted by molar-refractivity contribution is 5.82. The standard InChI is InChI=1S/C25H25NO4/c1-18-10-9-15-22(16-18)30-19(2)25(28)29-17-23(27)26-24(20-11-5-3-6-12-20)21-13-7-4-8-14-21/h3-16,19,24H,17H2,1-2H3,(H,26,27)/t19-/m0/s1. The third kappa shape index (κ3) is 5.95. The van der Waals surface area contributed by atoms with Crippen LogP contribution in [-0.4, -0.2) is 24.6 Å². The third-order valence-electron chi connectivity index (χ3n) is 4.55. The van der Waals surface area contributed by atoms with Crippen molar-refractivity contribution in [3.05, 3.63) is 102 Å². The molecule has 0 bridgehead atoms. The predicted molar refractivity (Wildman–Crippen MR) is 115 cm³/mol. The molecular weight excluding hydrogens is 378 g/mol. The number of amides is 1. The number of aryl methyl sites for hydroxylation is 1. The number of hydrogen-bond donors (Lipinski definition) is 1. The van der Waals surface area contributed by atoms with Crippen LogP contribution in [0.1, 0.15) is 29.7 Å². The highest BCUT2D eigenvalue weighted by atomic mass is 16.6. The molecule has 0 aliphatic carbocycles.